The molecule has 0 radical (unpaired) electrons. The highest BCUT2D eigenvalue weighted by molar-refractivity contribution is 5.93. The van der Waals surface area contributed by atoms with E-state index in [2.05, 4.69) is 5.32 Å². The Morgan fingerprint density at radius 3 is 2.23 bits per heavy atom. The Balaban J connectivity index is 2.34. The number of carbonyl (C=O) groups excluding carboxylic acids is 3. The summed E-state index contributed by atoms with van der Waals surface area (Å²) in [6, 6.07) is 15.5. The van der Waals surface area contributed by atoms with Crippen LogP contribution in [0.1, 0.15) is 64.6 Å². The number of nitrogens with zero attached hydrogens (tertiary/aromatic N) is 2. The number of anilines is 2. The van der Waals surface area contributed by atoms with Gasteiger partial charge in [-0.25, -0.2) is 0 Å². The molecule has 0 fully saturated rings. The van der Waals surface area contributed by atoms with Crippen LogP contribution in [0.5, 0.6) is 0 Å². The second kappa shape index (κ2) is 12.4. The Kier molecular flexibility index (Phi) is 9.87. The van der Waals surface area contributed by atoms with Gasteiger partial charge in [0.2, 0.25) is 11.8 Å². The Labute approximate surface area is 209 Å². The largest absolute Gasteiger partial charge is 0.466 e. The predicted molar refractivity (Wildman–Crippen MR) is 140 cm³/mol. The van der Waals surface area contributed by atoms with Crippen LogP contribution in [0.25, 0.3) is 0 Å². The fraction of sp³-hybridized carbons (Fsp3) is 0.464. The van der Waals surface area contributed by atoms with Crippen LogP contribution in [0, 0.1) is 5.41 Å². The molecule has 1 unspecified atom stereocenters. The van der Waals surface area contributed by atoms with Crippen LogP contribution < -0.4 is 10.2 Å². The highest BCUT2D eigenvalue weighted by Crippen LogP contribution is 2.32. The van der Waals surface area contributed by atoms with Gasteiger partial charge in [-0.2, -0.15) is 0 Å². The topological polar surface area (TPSA) is 79.0 Å². The van der Waals surface area contributed by atoms with Crippen LogP contribution in [0.15, 0.2) is 48.5 Å². The average Bonchev–Trinajstić information content (AvgIpc) is 2.80. The van der Waals surface area contributed by atoms with E-state index in [1.165, 1.54) is 0 Å². The van der Waals surface area contributed by atoms with E-state index in [0.717, 1.165) is 16.8 Å². The number of nitrogens with one attached hydrogen (secondary N) is 1. The quantitative estimate of drug-likeness (QED) is 0.474. The molecule has 2 amide bonds. The van der Waals surface area contributed by atoms with Gasteiger partial charge >= 0.3 is 5.97 Å². The molecule has 7 heteroatoms. The molecule has 0 saturated heterocycles. The van der Waals surface area contributed by atoms with Gasteiger partial charge in [-0.15, -0.1) is 0 Å². The SMILES string of the molecule is CCOC(=O)CCC(=O)Nc1ccc(N(C)C)c(CN(C(=O)C(C)(C)C)C(C)c2ccccc2)c1. The number of ether oxygens (including phenoxy) is 1. The third-order valence-electron chi connectivity index (χ3n) is 5.70. The van der Waals surface area contributed by atoms with E-state index in [1.807, 2.05) is 100 Å². The van der Waals surface area contributed by atoms with Crippen molar-refractivity contribution in [1.29, 1.82) is 0 Å². The molecule has 7 nitrogen and oxygen atoms in total. The summed E-state index contributed by atoms with van der Waals surface area (Å²) in [7, 11) is 3.90. The van der Waals surface area contributed by atoms with Crippen molar-refractivity contribution in [2.75, 3.05) is 30.9 Å². The Morgan fingerprint density at radius 2 is 1.66 bits per heavy atom. The van der Waals surface area contributed by atoms with Gasteiger partial charge in [0, 0.05) is 43.9 Å². The van der Waals surface area contributed by atoms with Gasteiger partial charge in [0.15, 0.2) is 0 Å². The summed E-state index contributed by atoms with van der Waals surface area (Å²) in [6.07, 6.45) is 0.0774. The lowest BCUT2D eigenvalue weighted by atomic mass is 9.92. The van der Waals surface area contributed by atoms with Crippen molar-refractivity contribution in [3.63, 3.8) is 0 Å². The first-order valence-corrected chi connectivity index (χ1v) is 12.1. The molecule has 2 aromatic rings. The number of rotatable bonds is 10. The molecule has 190 valence electrons. The minimum atomic E-state index is -0.555. The first kappa shape index (κ1) is 27.9. The summed E-state index contributed by atoms with van der Waals surface area (Å²) < 4.78 is 4.89. The molecule has 0 aliphatic carbocycles. The van der Waals surface area contributed by atoms with Crippen LogP contribution in [0.2, 0.25) is 0 Å². The van der Waals surface area contributed by atoms with Gasteiger partial charge in [0.05, 0.1) is 19.1 Å². The molecule has 0 aliphatic heterocycles. The van der Waals surface area contributed by atoms with Crippen LogP contribution in [-0.4, -0.2) is 43.4 Å². The monoisotopic (exact) mass is 481 g/mol. The maximum Gasteiger partial charge on any atom is 0.306 e. The van der Waals surface area contributed by atoms with E-state index in [0.29, 0.717) is 18.8 Å². The summed E-state index contributed by atoms with van der Waals surface area (Å²) in [5, 5.41) is 2.87. The number of benzene rings is 2. The third-order valence-corrected chi connectivity index (χ3v) is 5.70. The van der Waals surface area contributed by atoms with Crippen LogP contribution in [0.4, 0.5) is 11.4 Å². The maximum atomic E-state index is 13.5. The number of hydrogen-bond acceptors (Lipinski definition) is 5. The van der Waals surface area contributed by atoms with Crippen molar-refractivity contribution >= 4 is 29.2 Å². The van der Waals surface area contributed by atoms with Gasteiger partial charge in [-0.3, -0.25) is 14.4 Å². The van der Waals surface area contributed by atoms with Crippen molar-refractivity contribution in [2.24, 2.45) is 5.41 Å². The molecule has 0 heterocycles. The zero-order valence-electron chi connectivity index (χ0n) is 22.1. The van der Waals surface area contributed by atoms with E-state index in [4.69, 9.17) is 4.74 Å². The van der Waals surface area contributed by atoms with Gasteiger partial charge in [-0.1, -0.05) is 51.1 Å². The number of hydrogen-bond donors (Lipinski definition) is 1. The molecule has 2 rings (SSSR count). The fourth-order valence-electron chi connectivity index (χ4n) is 3.81. The normalized spacial score (nSPS) is 12.0. The van der Waals surface area contributed by atoms with E-state index in [1.54, 1.807) is 6.92 Å². The lowest BCUT2D eigenvalue weighted by Gasteiger charge is -2.35. The molecule has 35 heavy (non-hydrogen) atoms. The Morgan fingerprint density at radius 1 is 1.00 bits per heavy atom. The first-order chi connectivity index (χ1) is 16.4. The van der Waals surface area contributed by atoms with Crippen LogP contribution >= 0.6 is 0 Å². The third kappa shape index (κ3) is 8.12. The van der Waals surface area contributed by atoms with E-state index in [-0.39, 0.29) is 30.7 Å². The lowest BCUT2D eigenvalue weighted by molar-refractivity contribution is -0.144. The minimum absolute atomic E-state index is 0.0325. The first-order valence-electron chi connectivity index (χ1n) is 12.1. The van der Waals surface area contributed by atoms with Gasteiger partial charge < -0.3 is 19.9 Å². The molecule has 0 bridgehead atoms. The van der Waals surface area contributed by atoms with E-state index >= 15 is 0 Å². The summed E-state index contributed by atoms with van der Waals surface area (Å²) in [6.45, 7) is 10.2. The number of amides is 2. The summed E-state index contributed by atoms with van der Waals surface area (Å²) in [5.41, 5.74) is 3.00. The molecule has 0 aromatic heterocycles. The van der Waals surface area contributed by atoms with Crippen molar-refractivity contribution in [3.05, 3.63) is 59.7 Å². The second-order valence-electron chi connectivity index (χ2n) is 9.86. The van der Waals surface area contributed by atoms with E-state index < -0.39 is 11.4 Å². The number of carbonyl (C=O) groups is 3. The molecular formula is C28H39N3O4. The average molecular weight is 482 g/mol. The molecule has 1 atom stereocenters. The van der Waals surface area contributed by atoms with E-state index in [9.17, 15) is 14.4 Å². The summed E-state index contributed by atoms with van der Waals surface area (Å²) >= 11 is 0. The lowest BCUT2D eigenvalue weighted by Crippen LogP contribution is -2.40. The Bertz CT molecular complexity index is 1010. The van der Waals surface area contributed by atoms with Crippen LogP contribution in [0.3, 0.4) is 0 Å². The zero-order chi connectivity index (χ0) is 26.2. The molecule has 0 aliphatic rings. The van der Waals surface area contributed by atoms with Gasteiger partial charge in [-0.05, 0) is 43.2 Å². The molecular weight excluding hydrogens is 442 g/mol. The van der Waals surface area contributed by atoms with Gasteiger partial charge in [0.1, 0.15) is 0 Å². The van der Waals surface area contributed by atoms with Crippen molar-refractivity contribution in [2.45, 2.75) is 60.0 Å². The number of esters is 1. The van der Waals surface area contributed by atoms with Crippen molar-refractivity contribution in [1.82, 2.24) is 4.90 Å². The highest BCUT2D eigenvalue weighted by Gasteiger charge is 2.31. The smallest absolute Gasteiger partial charge is 0.306 e. The second-order valence-corrected chi connectivity index (χ2v) is 9.86. The highest BCUT2D eigenvalue weighted by atomic mass is 16.5. The fourth-order valence-corrected chi connectivity index (χ4v) is 3.81. The molecule has 0 saturated carbocycles. The van der Waals surface area contributed by atoms with Crippen molar-refractivity contribution < 1.29 is 19.1 Å². The molecule has 1 N–H and O–H groups in total. The molecule has 0 spiro atoms. The summed E-state index contributed by atoms with van der Waals surface area (Å²) in [4.78, 5) is 41.4. The van der Waals surface area contributed by atoms with Gasteiger partial charge in [0.25, 0.3) is 0 Å². The minimum Gasteiger partial charge on any atom is -0.466 e. The molecule has 2 aromatic carbocycles. The van der Waals surface area contributed by atoms with Crippen LogP contribution in [-0.2, 0) is 25.7 Å². The zero-order valence-corrected chi connectivity index (χ0v) is 22.1. The Hall–Kier alpha value is -3.35. The summed E-state index contributed by atoms with van der Waals surface area (Å²) in [5.74, 6) is -0.609. The van der Waals surface area contributed by atoms with Crippen molar-refractivity contribution in [3.8, 4) is 0 Å². The standard InChI is InChI=1S/C28H39N3O4/c1-8-35-26(33)17-16-25(32)29-23-14-15-24(30(6)7)22(18-23)19-31(27(34)28(3,4)5)20(2)21-12-10-9-11-13-21/h9-15,18,20H,8,16-17,19H2,1-7H3,(H,29,32). The predicted octanol–water partition coefficient (Wildman–Crippen LogP) is 5.17. The maximum absolute atomic E-state index is 13.5.